The molecule has 0 radical (unpaired) electrons. The van der Waals surface area contributed by atoms with Gasteiger partial charge < -0.3 is 9.64 Å². The van der Waals surface area contributed by atoms with E-state index in [1.807, 2.05) is 18.2 Å². The Labute approximate surface area is 160 Å². The number of ether oxygens (including phenoxy) is 1. The summed E-state index contributed by atoms with van der Waals surface area (Å²) in [5, 5.41) is 10.7. The van der Waals surface area contributed by atoms with Crippen LogP contribution in [-0.2, 0) is 9.73 Å². The monoisotopic (exact) mass is 384 g/mol. The Hall–Kier alpha value is -2.33. The highest BCUT2D eigenvalue weighted by Crippen LogP contribution is 2.37. The number of methoxy groups -OCH3 is 1. The normalized spacial score (nSPS) is 20.2. The van der Waals surface area contributed by atoms with Crippen molar-refractivity contribution in [2.24, 2.45) is 5.92 Å². The smallest absolute Gasteiger partial charge is 0.145 e. The van der Waals surface area contributed by atoms with Crippen LogP contribution in [0.1, 0.15) is 31.2 Å². The van der Waals surface area contributed by atoms with Gasteiger partial charge in [0.05, 0.1) is 18.4 Å². The number of fused-ring (bicyclic) bond motifs is 1. The summed E-state index contributed by atoms with van der Waals surface area (Å²) < 4.78 is 26.1. The predicted molar refractivity (Wildman–Crippen MR) is 107 cm³/mol. The first-order chi connectivity index (χ1) is 13.0. The van der Waals surface area contributed by atoms with Crippen molar-refractivity contribution < 1.29 is 8.95 Å². The lowest BCUT2D eigenvalue weighted by atomic mass is 9.97. The molecule has 1 aromatic carbocycles. The van der Waals surface area contributed by atoms with Gasteiger partial charge in [-0.3, -0.25) is 9.76 Å². The van der Waals surface area contributed by atoms with Crippen LogP contribution in [0, 0.1) is 22.0 Å². The standard InChI is InChI=1S/C20H24N4O2S/c1-26-18-4-2-3-17-19(18)23-12-15(11-21)20(17)24-9-7-14(8-10-24)13-27(22,25)16-5-6-16/h2-4,12,14,16,22H,5-10,13H2,1H3/t27-/m1/s1. The lowest BCUT2D eigenvalue weighted by Crippen LogP contribution is -2.36. The van der Waals surface area contributed by atoms with Gasteiger partial charge in [0, 0.05) is 45.4 Å². The highest BCUT2D eigenvalue weighted by molar-refractivity contribution is 7.93. The molecule has 0 spiro atoms. The third kappa shape index (κ3) is 3.46. The minimum atomic E-state index is -2.42. The maximum absolute atomic E-state index is 12.5. The molecule has 1 N–H and O–H groups in total. The van der Waals surface area contributed by atoms with Gasteiger partial charge in [0.25, 0.3) is 0 Å². The van der Waals surface area contributed by atoms with Gasteiger partial charge in [-0.15, -0.1) is 0 Å². The molecule has 6 nitrogen and oxygen atoms in total. The van der Waals surface area contributed by atoms with E-state index in [1.165, 1.54) is 0 Å². The number of benzene rings is 1. The number of pyridine rings is 1. The Balaban J connectivity index is 1.59. The van der Waals surface area contributed by atoms with Gasteiger partial charge in [0.2, 0.25) is 0 Å². The average Bonchev–Trinajstić information content (AvgIpc) is 3.53. The van der Waals surface area contributed by atoms with Gasteiger partial charge in [-0.25, -0.2) is 4.21 Å². The highest BCUT2D eigenvalue weighted by Gasteiger charge is 2.35. The van der Waals surface area contributed by atoms with Crippen LogP contribution in [0.5, 0.6) is 5.75 Å². The minimum absolute atomic E-state index is 0.136. The summed E-state index contributed by atoms with van der Waals surface area (Å²) >= 11 is 0. The first-order valence-electron chi connectivity index (χ1n) is 9.39. The summed E-state index contributed by atoms with van der Waals surface area (Å²) in [6, 6.07) is 8.05. The lowest BCUT2D eigenvalue weighted by Gasteiger charge is -2.35. The maximum atomic E-state index is 12.5. The Morgan fingerprint density at radius 3 is 2.70 bits per heavy atom. The molecule has 7 heteroatoms. The van der Waals surface area contributed by atoms with Crippen molar-refractivity contribution in [3.8, 4) is 11.8 Å². The molecular formula is C20H24N4O2S. The van der Waals surface area contributed by atoms with Crippen molar-refractivity contribution in [3.05, 3.63) is 30.0 Å². The molecular weight excluding hydrogens is 360 g/mol. The van der Waals surface area contributed by atoms with E-state index in [2.05, 4.69) is 16.0 Å². The molecule has 1 saturated carbocycles. The largest absolute Gasteiger partial charge is 0.494 e. The number of hydrogen-bond acceptors (Lipinski definition) is 6. The number of nitrogens with one attached hydrogen (secondary N) is 1. The summed E-state index contributed by atoms with van der Waals surface area (Å²) in [5.74, 6) is 1.56. The molecule has 142 valence electrons. The van der Waals surface area contributed by atoms with Crippen LogP contribution in [0.15, 0.2) is 24.4 Å². The molecule has 1 aromatic heterocycles. The summed E-state index contributed by atoms with van der Waals surface area (Å²) in [6.45, 7) is 1.60. The van der Waals surface area contributed by atoms with Crippen molar-refractivity contribution in [2.75, 3.05) is 30.9 Å². The Kier molecular flexibility index (Phi) is 4.68. The molecule has 2 heterocycles. The van der Waals surface area contributed by atoms with Crippen LogP contribution >= 0.6 is 0 Å². The third-order valence-electron chi connectivity index (χ3n) is 5.65. The zero-order valence-corrected chi connectivity index (χ0v) is 16.3. The summed E-state index contributed by atoms with van der Waals surface area (Å²) in [6.07, 6.45) is 5.34. The SMILES string of the molecule is COc1cccc2c(N3CCC(C[S@@](=N)(=O)C4CC4)CC3)c(C#N)cnc12. The summed E-state index contributed by atoms with van der Waals surface area (Å²) in [4.78, 5) is 6.67. The zero-order chi connectivity index (χ0) is 19.0. The molecule has 0 unspecified atom stereocenters. The van der Waals surface area contributed by atoms with Crippen LogP contribution < -0.4 is 9.64 Å². The second-order valence-corrected chi connectivity index (χ2v) is 9.96. The number of hydrogen-bond donors (Lipinski definition) is 1. The minimum Gasteiger partial charge on any atom is -0.494 e. The summed E-state index contributed by atoms with van der Waals surface area (Å²) in [7, 11) is -0.800. The van der Waals surface area contributed by atoms with Crippen LogP contribution in [0.25, 0.3) is 10.9 Å². The molecule has 2 fully saturated rings. The van der Waals surface area contributed by atoms with E-state index < -0.39 is 9.73 Å². The van der Waals surface area contributed by atoms with Crippen molar-refractivity contribution in [1.29, 1.82) is 10.0 Å². The highest BCUT2D eigenvalue weighted by atomic mass is 32.2. The molecule has 1 aliphatic carbocycles. The van der Waals surface area contributed by atoms with Gasteiger partial charge in [-0.05, 0) is 37.7 Å². The molecule has 2 aromatic rings. The van der Waals surface area contributed by atoms with Gasteiger partial charge in [0.1, 0.15) is 17.3 Å². The predicted octanol–water partition coefficient (Wildman–Crippen LogP) is 3.54. The van der Waals surface area contributed by atoms with Gasteiger partial charge in [0.15, 0.2) is 0 Å². The van der Waals surface area contributed by atoms with Crippen LogP contribution in [0.3, 0.4) is 0 Å². The van der Waals surface area contributed by atoms with Crippen molar-refractivity contribution in [2.45, 2.75) is 30.9 Å². The van der Waals surface area contributed by atoms with Gasteiger partial charge in [-0.2, -0.15) is 5.26 Å². The fourth-order valence-electron chi connectivity index (χ4n) is 4.03. The molecule has 0 amide bonds. The van der Waals surface area contributed by atoms with Gasteiger partial charge >= 0.3 is 0 Å². The van der Waals surface area contributed by atoms with Gasteiger partial charge in [-0.1, -0.05) is 12.1 Å². The van der Waals surface area contributed by atoms with Crippen LogP contribution in [0.2, 0.25) is 0 Å². The molecule has 1 saturated heterocycles. The Bertz CT molecular complexity index is 1000. The van der Waals surface area contributed by atoms with Crippen LogP contribution in [-0.4, -0.2) is 40.4 Å². The van der Waals surface area contributed by atoms with Crippen LogP contribution in [0.4, 0.5) is 5.69 Å². The number of para-hydroxylation sites is 1. The molecule has 2 aliphatic rings. The number of nitrogens with zero attached hydrogens (tertiary/aromatic N) is 3. The Morgan fingerprint density at radius 2 is 2.07 bits per heavy atom. The molecule has 27 heavy (non-hydrogen) atoms. The number of nitriles is 1. The van der Waals surface area contributed by atoms with E-state index in [4.69, 9.17) is 9.52 Å². The molecule has 1 aliphatic heterocycles. The zero-order valence-electron chi connectivity index (χ0n) is 15.5. The number of rotatable bonds is 5. The molecule has 0 bridgehead atoms. The average molecular weight is 385 g/mol. The number of anilines is 1. The van der Waals surface area contributed by atoms with E-state index in [9.17, 15) is 9.47 Å². The van der Waals surface area contributed by atoms with E-state index in [-0.39, 0.29) is 5.25 Å². The second kappa shape index (κ2) is 7.01. The van der Waals surface area contributed by atoms with Crippen molar-refractivity contribution in [1.82, 2.24) is 4.98 Å². The number of piperidine rings is 1. The van der Waals surface area contributed by atoms with Crippen molar-refractivity contribution >= 4 is 26.3 Å². The quantitative estimate of drug-likeness (QED) is 0.851. The van der Waals surface area contributed by atoms with E-state index >= 15 is 0 Å². The van der Waals surface area contributed by atoms with E-state index in [0.29, 0.717) is 23.0 Å². The topological polar surface area (TPSA) is 90.1 Å². The lowest BCUT2D eigenvalue weighted by molar-refractivity contribution is 0.419. The van der Waals surface area contributed by atoms with Crippen molar-refractivity contribution in [3.63, 3.8) is 0 Å². The maximum Gasteiger partial charge on any atom is 0.145 e. The number of aromatic nitrogens is 1. The molecule has 4 rings (SSSR count). The first kappa shape index (κ1) is 18.1. The fraction of sp³-hybridized carbons (Fsp3) is 0.500. The third-order valence-corrected chi connectivity index (χ3v) is 8.16. The first-order valence-corrected chi connectivity index (χ1v) is 11.2. The van der Waals surface area contributed by atoms with E-state index in [1.54, 1.807) is 13.3 Å². The van der Waals surface area contributed by atoms with E-state index in [0.717, 1.165) is 55.4 Å². The Morgan fingerprint density at radius 1 is 1.33 bits per heavy atom. The second-order valence-electron chi connectivity index (χ2n) is 7.51. The molecule has 1 atom stereocenters. The summed E-state index contributed by atoms with van der Waals surface area (Å²) in [5.41, 5.74) is 2.24. The fourth-order valence-corrected chi connectivity index (χ4v) is 6.23.